The Kier molecular flexibility index (Phi) is 5.21. The second-order valence-electron chi connectivity index (χ2n) is 4.38. The summed E-state index contributed by atoms with van der Waals surface area (Å²) >= 11 is 8.85. The average Bonchev–Trinajstić information content (AvgIpc) is 2.50. The number of benzene rings is 2. The van der Waals surface area contributed by atoms with Gasteiger partial charge < -0.3 is 9.84 Å². The Labute approximate surface area is 140 Å². The Morgan fingerprint density at radius 3 is 2.73 bits per heavy atom. The minimum atomic E-state index is -0.575. The van der Waals surface area contributed by atoms with Crippen molar-refractivity contribution in [2.24, 2.45) is 0 Å². The molecule has 22 heavy (non-hydrogen) atoms. The Morgan fingerprint density at radius 2 is 2.09 bits per heavy atom. The van der Waals surface area contributed by atoms with Crippen molar-refractivity contribution in [3.8, 4) is 11.5 Å². The van der Waals surface area contributed by atoms with E-state index in [1.807, 2.05) is 0 Å². The van der Waals surface area contributed by atoms with Gasteiger partial charge in [-0.25, -0.2) is 4.39 Å². The molecule has 0 atom stereocenters. The van der Waals surface area contributed by atoms with Gasteiger partial charge in [0, 0.05) is 5.56 Å². The van der Waals surface area contributed by atoms with Crippen LogP contribution in [0.3, 0.4) is 0 Å². The van der Waals surface area contributed by atoms with E-state index >= 15 is 0 Å². The quantitative estimate of drug-likeness (QED) is 0.604. The highest BCUT2D eigenvalue weighted by Gasteiger charge is 2.09. The number of halogens is 3. The molecular formula is C16H11BrClFO3. The van der Waals surface area contributed by atoms with Crippen LogP contribution in [0.25, 0.3) is 6.08 Å². The van der Waals surface area contributed by atoms with Crippen LogP contribution >= 0.6 is 27.5 Å². The van der Waals surface area contributed by atoms with E-state index in [2.05, 4.69) is 15.9 Å². The van der Waals surface area contributed by atoms with Crippen LogP contribution in [-0.4, -0.2) is 18.0 Å². The van der Waals surface area contributed by atoms with Crippen LogP contribution in [0.4, 0.5) is 4.39 Å². The Morgan fingerprint density at radius 1 is 1.36 bits per heavy atom. The second-order valence-corrected chi connectivity index (χ2v) is 5.64. The van der Waals surface area contributed by atoms with Gasteiger partial charge in [0.25, 0.3) is 0 Å². The predicted molar refractivity (Wildman–Crippen MR) is 87.1 cm³/mol. The molecule has 0 aliphatic heterocycles. The summed E-state index contributed by atoms with van der Waals surface area (Å²) in [5.74, 6) is -0.623. The highest BCUT2D eigenvalue weighted by atomic mass is 79.9. The molecule has 0 radical (unpaired) electrons. The van der Waals surface area contributed by atoms with E-state index in [9.17, 15) is 14.3 Å². The van der Waals surface area contributed by atoms with Crippen LogP contribution in [0.1, 0.15) is 15.9 Å². The summed E-state index contributed by atoms with van der Waals surface area (Å²) in [7, 11) is 1.43. The standard InChI is InChI=1S/C16H11BrClFO3/c1-22-15-7-9(6-11(17)16(15)21)2-5-14(20)10-3-4-13(19)12(18)8-10/h2-8,21H,1H3/b5-2+. The summed E-state index contributed by atoms with van der Waals surface area (Å²) in [5.41, 5.74) is 0.940. The summed E-state index contributed by atoms with van der Waals surface area (Å²) in [6.07, 6.45) is 2.90. The van der Waals surface area contributed by atoms with Crippen molar-refractivity contribution in [1.82, 2.24) is 0 Å². The van der Waals surface area contributed by atoms with Gasteiger partial charge in [-0.15, -0.1) is 0 Å². The van der Waals surface area contributed by atoms with Crippen molar-refractivity contribution in [1.29, 1.82) is 0 Å². The van der Waals surface area contributed by atoms with Gasteiger partial charge in [-0.05, 0) is 57.9 Å². The molecule has 6 heteroatoms. The third-order valence-electron chi connectivity index (χ3n) is 2.90. The van der Waals surface area contributed by atoms with Gasteiger partial charge in [-0.2, -0.15) is 0 Å². The average molecular weight is 386 g/mol. The van der Waals surface area contributed by atoms with Crippen molar-refractivity contribution in [2.45, 2.75) is 0 Å². The first-order valence-electron chi connectivity index (χ1n) is 6.16. The molecule has 2 rings (SSSR count). The smallest absolute Gasteiger partial charge is 0.185 e. The maximum Gasteiger partial charge on any atom is 0.185 e. The van der Waals surface area contributed by atoms with Gasteiger partial charge >= 0.3 is 0 Å². The normalized spacial score (nSPS) is 10.9. The predicted octanol–water partition coefficient (Wildman–Crippen LogP) is 4.85. The highest BCUT2D eigenvalue weighted by molar-refractivity contribution is 9.10. The zero-order chi connectivity index (χ0) is 16.3. The van der Waals surface area contributed by atoms with E-state index in [1.54, 1.807) is 18.2 Å². The van der Waals surface area contributed by atoms with Crippen LogP contribution in [0, 0.1) is 5.82 Å². The summed E-state index contributed by atoms with van der Waals surface area (Å²) in [6.45, 7) is 0. The fourth-order valence-electron chi connectivity index (χ4n) is 1.76. The molecule has 3 nitrogen and oxygen atoms in total. The van der Waals surface area contributed by atoms with Crippen molar-refractivity contribution < 1.29 is 19.0 Å². The minimum absolute atomic E-state index is 0.0173. The largest absolute Gasteiger partial charge is 0.503 e. The van der Waals surface area contributed by atoms with E-state index in [0.29, 0.717) is 10.0 Å². The Bertz CT molecular complexity index is 759. The number of ether oxygens (including phenoxy) is 1. The molecule has 0 heterocycles. The van der Waals surface area contributed by atoms with E-state index < -0.39 is 5.82 Å². The second kappa shape index (κ2) is 6.94. The van der Waals surface area contributed by atoms with E-state index in [1.165, 1.54) is 25.3 Å². The van der Waals surface area contributed by atoms with Crippen LogP contribution in [-0.2, 0) is 0 Å². The SMILES string of the molecule is COc1cc(/C=C/C(=O)c2ccc(F)c(Cl)c2)cc(Br)c1O. The summed E-state index contributed by atoms with van der Waals surface area (Å²) in [5, 5.41) is 9.62. The molecule has 0 spiro atoms. The summed E-state index contributed by atoms with van der Waals surface area (Å²) in [6, 6.07) is 7.00. The maximum absolute atomic E-state index is 13.1. The molecule has 0 aliphatic carbocycles. The van der Waals surface area contributed by atoms with Gasteiger partial charge in [0.1, 0.15) is 5.82 Å². The molecule has 0 saturated carbocycles. The molecule has 0 aromatic heterocycles. The van der Waals surface area contributed by atoms with Gasteiger partial charge in [-0.3, -0.25) is 4.79 Å². The number of carbonyl (C=O) groups excluding carboxylic acids is 1. The van der Waals surface area contributed by atoms with Crippen molar-refractivity contribution in [3.05, 3.63) is 62.8 Å². The van der Waals surface area contributed by atoms with E-state index in [-0.39, 0.29) is 27.9 Å². The molecule has 1 N–H and O–H groups in total. The van der Waals surface area contributed by atoms with Crippen molar-refractivity contribution in [3.63, 3.8) is 0 Å². The number of carbonyl (C=O) groups is 1. The van der Waals surface area contributed by atoms with Gasteiger partial charge in [0.05, 0.1) is 16.6 Å². The molecule has 2 aromatic rings. The number of phenols is 1. The number of hydrogen-bond donors (Lipinski definition) is 1. The highest BCUT2D eigenvalue weighted by Crippen LogP contribution is 2.35. The lowest BCUT2D eigenvalue weighted by Gasteiger charge is -2.06. The third-order valence-corrected chi connectivity index (χ3v) is 3.80. The molecule has 0 aliphatic rings. The first-order valence-corrected chi connectivity index (χ1v) is 7.33. The zero-order valence-corrected chi connectivity index (χ0v) is 13.8. The maximum atomic E-state index is 13.1. The third kappa shape index (κ3) is 3.67. The molecule has 0 saturated heterocycles. The molecule has 0 amide bonds. The molecule has 114 valence electrons. The number of ketones is 1. The lowest BCUT2D eigenvalue weighted by atomic mass is 10.1. The fraction of sp³-hybridized carbons (Fsp3) is 0.0625. The number of phenolic OH excluding ortho intramolecular Hbond substituents is 1. The first-order chi connectivity index (χ1) is 10.4. The Hall–Kier alpha value is -1.85. The van der Waals surface area contributed by atoms with Crippen LogP contribution in [0.15, 0.2) is 40.9 Å². The molecule has 2 aromatic carbocycles. The summed E-state index contributed by atoms with van der Waals surface area (Å²) in [4.78, 5) is 12.0. The number of aromatic hydroxyl groups is 1. The molecular weight excluding hydrogens is 375 g/mol. The number of rotatable bonds is 4. The topological polar surface area (TPSA) is 46.5 Å². The summed E-state index contributed by atoms with van der Waals surface area (Å²) < 4.78 is 18.6. The van der Waals surface area contributed by atoms with E-state index in [0.717, 1.165) is 6.07 Å². The monoisotopic (exact) mass is 384 g/mol. The van der Waals surface area contributed by atoms with Crippen LogP contribution in [0.5, 0.6) is 11.5 Å². The number of hydrogen-bond acceptors (Lipinski definition) is 3. The van der Waals surface area contributed by atoms with Crippen molar-refractivity contribution >= 4 is 39.4 Å². The number of methoxy groups -OCH3 is 1. The van der Waals surface area contributed by atoms with Crippen molar-refractivity contribution in [2.75, 3.05) is 7.11 Å². The molecule has 0 unspecified atom stereocenters. The lowest BCUT2D eigenvalue weighted by molar-refractivity contribution is 0.104. The molecule has 0 bridgehead atoms. The minimum Gasteiger partial charge on any atom is -0.503 e. The first kappa shape index (κ1) is 16.5. The van der Waals surface area contributed by atoms with Gasteiger partial charge in [-0.1, -0.05) is 17.7 Å². The Balaban J connectivity index is 2.26. The number of allylic oxidation sites excluding steroid dienone is 1. The lowest BCUT2D eigenvalue weighted by Crippen LogP contribution is -1.95. The van der Waals surface area contributed by atoms with Crippen LogP contribution < -0.4 is 4.74 Å². The van der Waals surface area contributed by atoms with Gasteiger partial charge in [0.15, 0.2) is 17.3 Å². The van der Waals surface area contributed by atoms with E-state index in [4.69, 9.17) is 16.3 Å². The van der Waals surface area contributed by atoms with Gasteiger partial charge in [0.2, 0.25) is 0 Å². The van der Waals surface area contributed by atoms with Crippen LogP contribution in [0.2, 0.25) is 5.02 Å². The molecule has 0 fully saturated rings. The zero-order valence-electron chi connectivity index (χ0n) is 11.4. The fourth-order valence-corrected chi connectivity index (χ4v) is 2.40.